The zero-order chi connectivity index (χ0) is 28.1. The van der Waals surface area contributed by atoms with Crippen LogP contribution in [0.15, 0.2) is 0 Å². The van der Waals surface area contributed by atoms with Crippen molar-refractivity contribution in [3.8, 4) is 0 Å². The highest BCUT2D eigenvalue weighted by atomic mass is 16.1. The predicted octanol–water partition coefficient (Wildman–Crippen LogP) is 10.2. The molecular weight excluding hydrogens is 468 g/mol. The summed E-state index contributed by atoms with van der Waals surface area (Å²) >= 11 is 0. The number of carbonyl (C=O) groups is 2. The summed E-state index contributed by atoms with van der Waals surface area (Å²) in [6.45, 7) is 4.54. The number of amides is 2. The van der Waals surface area contributed by atoms with Gasteiger partial charge in [0.25, 0.3) is 0 Å². The molecule has 0 fully saturated rings. The van der Waals surface area contributed by atoms with Crippen molar-refractivity contribution < 1.29 is 9.59 Å². The van der Waals surface area contributed by atoms with Crippen LogP contribution in [0.4, 0.5) is 0 Å². The lowest BCUT2D eigenvalue weighted by atomic mass is 9.88. The van der Waals surface area contributed by atoms with E-state index in [0.717, 1.165) is 25.7 Å². The third-order valence-corrected chi connectivity index (χ3v) is 8.48. The first-order valence-electron chi connectivity index (χ1n) is 17.1. The molecule has 0 aromatic rings. The summed E-state index contributed by atoms with van der Waals surface area (Å²) in [5.41, 5.74) is 11.4. The van der Waals surface area contributed by atoms with Gasteiger partial charge in [-0.15, -0.1) is 0 Å². The van der Waals surface area contributed by atoms with Crippen LogP contribution in [0.2, 0.25) is 0 Å². The van der Waals surface area contributed by atoms with Crippen molar-refractivity contribution >= 4 is 11.8 Å². The molecule has 0 aliphatic rings. The highest BCUT2D eigenvalue weighted by molar-refractivity contribution is 5.78. The van der Waals surface area contributed by atoms with Gasteiger partial charge in [-0.1, -0.05) is 168 Å². The maximum atomic E-state index is 12.0. The summed E-state index contributed by atoms with van der Waals surface area (Å²) in [4.78, 5) is 24.0. The third-order valence-electron chi connectivity index (χ3n) is 8.48. The topological polar surface area (TPSA) is 86.2 Å². The summed E-state index contributed by atoms with van der Waals surface area (Å²) in [6, 6.07) is 0. The van der Waals surface area contributed by atoms with Gasteiger partial charge in [0.2, 0.25) is 11.8 Å². The highest BCUT2D eigenvalue weighted by Gasteiger charge is 2.20. The first kappa shape index (κ1) is 36.9. The van der Waals surface area contributed by atoms with Crippen molar-refractivity contribution in [2.24, 2.45) is 23.3 Å². The Bertz CT molecular complexity index is 477. The second-order valence-electron chi connectivity index (χ2n) is 12.1. The van der Waals surface area contributed by atoms with Gasteiger partial charge in [-0.05, 0) is 25.7 Å². The Morgan fingerprint density at radius 1 is 0.368 bits per heavy atom. The maximum absolute atomic E-state index is 12.0. The van der Waals surface area contributed by atoms with E-state index < -0.39 is 0 Å². The zero-order valence-electron chi connectivity index (χ0n) is 25.9. The van der Waals surface area contributed by atoms with Gasteiger partial charge in [-0.3, -0.25) is 9.59 Å². The SMILES string of the molecule is CCCCCCCCCCCCCCC(CCC(CCCCCCCCCCCCCC)C(N)=O)C(N)=O. The van der Waals surface area contributed by atoms with Gasteiger partial charge < -0.3 is 11.5 Å². The number of primary amides is 2. The van der Waals surface area contributed by atoms with Gasteiger partial charge in [0.15, 0.2) is 0 Å². The lowest BCUT2D eigenvalue weighted by Crippen LogP contribution is -2.27. The molecular formula is C34H68N2O2. The minimum absolute atomic E-state index is 0.109. The molecule has 0 aliphatic carbocycles. The minimum atomic E-state index is -0.207. The summed E-state index contributed by atoms with van der Waals surface area (Å²) in [5.74, 6) is -0.632. The van der Waals surface area contributed by atoms with Crippen LogP contribution in [0, 0.1) is 11.8 Å². The van der Waals surface area contributed by atoms with Crippen molar-refractivity contribution in [3.63, 3.8) is 0 Å². The number of hydrogen-bond acceptors (Lipinski definition) is 2. The largest absolute Gasteiger partial charge is 0.369 e. The summed E-state index contributed by atoms with van der Waals surface area (Å²) in [6.07, 6.45) is 34.7. The molecule has 0 radical (unpaired) electrons. The fraction of sp³-hybridized carbons (Fsp3) is 0.941. The van der Waals surface area contributed by atoms with Crippen LogP contribution in [0.25, 0.3) is 0 Å². The molecule has 0 aromatic carbocycles. The van der Waals surface area contributed by atoms with Gasteiger partial charge in [0.1, 0.15) is 0 Å². The van der Waals surface area contributed by atoms with Crippen LogP contribution in [0.5, 0.6) is 0 Å². The van der Waals surface area contributed by atoms with E-state index in [0.29, 0.717) is 12.8 Å². The standard InChI is InChI=1S/C34H68N2O2/c1-3-5-7-9-11-13-15-17-19-21-23-25-27-31(33(35)37)29-30-32(34(36)38)28-26-24-22-20-18-16-14-12-10-8-6-4-2/h31-32H,3-30H2,1-2H3,(H2,35,37)(H2,36,38). The molecule has 0 bridgehead atoms. The Morgan fingerprint density at radius 3 is 0.789 bits per heavy atom. The molecule has 2 amide bonds. The number of carbonyl (C=O) groups excluding carboxylic acids is 2. The Kier molecular flexibility index (Phi) is 28.1. The molecule has 4 N–H and O–H groups in total. The van der Waals surface area contributed by atoms with Gasteiger partial charge >= 0.3 is 0 Å². The van der Waals surface area contributed by atoms with Gasteiger partial charge in [0, 0.05) is 11.8 Å². The predicted molar refractivity (Wildman–Crippen MR) is 166 cm³/mol. The molecule has 0 rings (SSSR count). The van der Waals surface area contributed by atoms with E-state index in [4.69, 9.17) is 11.5 Å². The fourth-order valence-electron chi connectivity index (χ4n) is 5.72. The second kappa shape index (κ2) is 28.9. The van der Waals surface area contributed by atoms with E-state index in [2.05, 4.69) is 13.8 Å². The van der Waals surface area contributed by atoms with Crippen LogP contribution < -0.4 is 11.5 Å². The molecule has 4 heteroatoms. The lowest BCUT2D eigenvalue weighted by molar-refractivity contribution is -0.124. The Balaban J connectivity index is 3.82. The molecule has 226 valence electrons. The molecule has 0 spiro atoms. The quantitative estimate of drug-likeness (QED) is 0.0863. The van der Waals surface area contributed by atoms with Gasteiger partial charge in [0.05, 0.1) is 0 Å². The summed E-state index contributed by atoms with van der Waals surface area (Å²) in [5, 5.41) is 0. The van der Waals surface area contributed by atoms with Gasteiger partial charge in [-0.25, -0.2) is 0 Å². The third kappa shape index (κ3) is 25.2. The number of rotatable bonds is 31. The molecule has 0 saturated carbocycles. The molecule has 0 aliphatic heterocycles. The molecule has 0 aromatic heterocycles. The zero-order valence-corrected chi connectivity index (χ0v) is 25.9. The summed E-state index contributed by atoms with van der Waals surface area (Å²) < 4.78 is 0. The van der Waals surface area contributed by atoms with E-state index in [9.17, 15) is 9.59 Å². The van der Waals surface area contributed by atoms with E-state index >= 15 is 0 Å². The van der Waals surface area contributed by atoms with Crippen LogP contribution in [0.1, 0.15) is 194 Å². The normalized spacial score (nSPS) is 13.0. The van der Waals surface area contributed by atoms with Crippen molar-refractivity contribution in [2.45, 2.75) is 194 Å². The lowest BCUT2D eigenvalue weighted by Gasteiger charge is -2.17. The van der Waals surface area contributed by atoms with Gasteiger partial charge in [-0.2, -0.15) is 0 Å². The fourth-order valence-corrected chi connectivity index (χ4v) is 5.72. The van der Waals surface area contributed by atoms with Crippen LogP contribution in [-0.2, 0) is 9.59 Å². The van der Waals surface area contributed by atoms with Crippen molar-refractivity contribution in [1.29, 1.82) is 0 Å². The molecule has 2 atom stereocenters. The van der Waals surface area contributed by atoms with Crippen molar-refractivity contribution in [2.75, 3.05) is 0 Å². The molecule has 38 heavy (non-hydrogen) atoms. The van der Waals surface area contributed by atoms with E-state index in [1.54, 1.807) is 0 Å². The van der Waals surface area contributed by atoms with E-state index in [1.165, 1.54) is 141 Å². The monoisotopic (exact) mass is 537 g/mol. The molecule has 0 saturated heterocycles. The first-order valence-corrected chi connectivity index (χ1v) is 17.1. The first-order chi connectivity index (χ1) is 18.5. The smallest absolute Gasteiger partial charge is 0.220 e. The molecule has 4 nitrogen and oxygen atoms in total. The maximum Gasteiger partial charge on any atom is 0.220 e. The minimum Gasteiger partial charge on any atom is -0.369 e. The number of unbranched alkanes of at least 4 members (excludes halogenated alkanes) is 22. The molecule has 0 heterocycles. The second-order valence-corrected chi connectivity index (χ2v) is 12.1. The van der Waals surface area contributed by atoms with Crippen molar-refractivity contribution in [1.82, 2.24) is 0 Å². The highest BCUT2D eigenvalue weighted by Crippen LogP contribution is 2.23. The van der Waals surface area contributed by atoms with Crippen molar-refractivity contribution in [3.05, 3.63) is 0 Å². The van der Waals surface area contributed by atoms with E-state index in [-0.39, 0.29) is 23.7 Å². The van der Waals surface area contributed by atoms with Crippen LogP contribution in [0.3, 0.4) is 0 Å². The summed E-state index contributed by atoms with van der Waals surface area (Å²) in [7, 11) is 0. The Morgan fingerprint density at radius 2 is 0.579 bits per heavy atom. The Hall–Kier alpha value is -1.06. The average Bonchev–Trinajstić information content (AvgIpc) is 2.89. The number of nitrogens with two attached hydrogens (primary N) is 2. The van der Waals surface area contributed by atoms with Crippen LogP contribution in [-0.4, -0.2) is 11.8 Å². The van der Waals surface area contributed by atoms with Crippen LogP contribution >= 0.6 is 0 Å². The molecule has 2 unspecified atom stereocenters. The average molecular weight is 537 g/mol. The Labute approximate surface area is 238 Å². The number of hydrogen-bond donors (Lipinski definition) is 2. The van der Waals surface area contributed by atoms with E-state index in [1.807, 2.05) is 0 Å².